The molecule has 0 aliphatic heterocycles. The molecule has 3 aromatic heterocycles. The third-order valence-electron chi connectivity index (χ3n) is 4.42. The fourth-order valence-corrected chi connectivity index (χ4v) is 2.95. The van der Waals surface area contributed by atoms with Gasteiger partial charge in [0.1, 0.15) is 11.9 Å². The first-order chi connectivity index (χ1) is 13.7. The van der Waals surface area contributed by atoms with Crippen LogP contribution in [-0.4, -0.2) is 27.4 Å². The first kappa shape index (κ1) is 17.8. The molecule has 0 radical (unpaired) electrons. The van der Waals surface area contributed by atoms with Gasteiger partial charge >= 0.3 is 0 Å². The second kappa shape index (κ2) is 7.96. The molecular formula is C21H22N6O. The van der Waals surface area contributed by atoms with Crippen LogP contribution in [0.2, 0.25) is 0 Å². The van der Waals surface area contributed by atoms with Gasteiger partial charge in [-0.1, -0.05) is 24.3 Å². The number of imidazole rings is 1. The van der Waals surface area contributed by atoms with Crippen molar-refractivity contribution in [3.8, 4) is 11.5 Å². The largest absolute Gasteiger partial charge is 0.444 e. The number of aryl methyl sites for hydroxylation is 1. The second-order valence-corrected chi connectivity index (χ2v) is 6.42. The number of guanidine groups is 1. The molecule has 142 valence electrons. The van der Waals surface area contributed by atoms with Crippen molar-refractivity contribution in [1.29, 1.82) is 0 Å². The van der Waals surface area contributed by atoms with Crippen molar-refractivity contribution in [2.45, 2.75) is 20.0 Å². The van der Waals surface area contributed by atoms with Crippen LogP contribution in [-0.2, 0) is 13.1 Å². The molecule has 7 nitrogen and oxygen atoms in total. The van der Waals surface area contributed by atoms with E-state index in [-0.39, 0.29) is 0 Å². The van der Waals surface area contributed by atoms with Gasteiger partial charge in [-0.25, -0.2) is 9.97 Å². The number of hydrogen-bond acceptors (Lipinski definition) is 4. The fraction of sp³-hybridized carbons (Fsp3) is 0.190. The Morgan fingerprint density at radius 1 is 1.00 bits per heavy atom. The Kier molecular flexibility index (Phi) is 5.05. The van der Waals surface area contributed by atoms with Crippen LogP contribution in [0.5, 0.6) is 0 Å². The Morgan fingerprint density at radius 3 is 2.54 bits per heavy atom. The maximum atomic E-state index is 5.57. The number of pyridine rings is 1. The van der Waals surface area contributed by atoms with E-state index in [1.165, 1.54) is 0 Å². The number of oxazole rings is 1. The van der Waals surface area contributed by atoms with E-state index in [4.69, 9.17) is 4.42 Å². The van der Waals surface area contributed by atoms with Gasteiger partial charge in [0.15, 0.2) is 5.96 Å². The Morgan fingerprint density at radius 2 is 1.79 bits per heavy atom. The normalized spacial score (nSPS) is 11.7. The lowest BCUT2D eigenvalue weighted by atomic mass is 10.2. The first-order valence-electron chi connectivity index (χ1n) is 9.11. The minimum Gasteiger partial charge on any atom is -0.444 e. The Balaban J connectivity index is 1.35. The van der Waals surface area contributed by atoms with Crippen LogP contribution in [0.15, 0.2) is 70.4 Å². The first-order valence-corrected chi connectivity index (χ1v) is 9.11. The zero-order valence-corrected chi connectivity index (χ0v) is 15.9. The highest BCUT2D eigenvalue weighted by atomic mass is 16.3. The Hall–Kier alpha value is -3.61. The number of hydrogen-bond donors (Lipinski definition) is 2. The van der Waals surface area contributed by atoms with Crippen LogP contribution in [0.25, 0.3) is 17.1 Å². The lowest BCUT2D eigenvalue weighted by Gasteiger charge is -2.09. The highest BCUT2D eigenvalue weighted by Gasteiger charge is 2.08. The van der Waals surface area contributed by atoms with Gasteiger partial charge in [-0.05, 0) is 31.2 Å². The van der Waals surface area contributed by atoms with Gasteiger partial charge in [0.2, 0.25) is 5.89 Å². The highest BCUT2D eigenvalue weighted by Crippen LogP contribution is 2.17. The molecule has 0 unspecified atom stereocenters. The molecule has 4 rings (SSSR count). The van der Waals surface area contributed by atoms with Crippen molar-refractivity contribution < 1.29 is 4.42 Å². The molecular weight excluding hydrogens is 352 g/mol. The standard InChI is InChI=1S/C21H22N6O/c1-15-7-6-10-19-25-17(13-27(15)19)11-23-21(22-2)24-12-18-14-28-20(26-18)16-8-4-3-5-9-16/h3-10,13-14H,11-12H2,1-2H3,(H2,22,23,24). The topological polar surface area (TPSA) is 79.8 Å². The summed E-state index contributed by atoms with van der Waals surface area (Å²) < 4.78 is 7.64. The minimum absolute atomic E-state index is 0.514. The van der Waals surface area contributed by atoms with Crippen LogP contribution in [0.4, 0.5) is 0 Å². The van der Waals surface area contributed by atoms with Crippen LogP contribution in [0, 0.1) is 6.92 Å². The summed E-state index contributed by atoms with van der Waals surface area (Å²) in [4.78, 5) is 13.4. The Labute approximate surface area is 163 Å². The van der Waals surface area contributed by atoms with Gasteiger partial charge in [0, 0.05) is 24.5 Å². The molecule has 4 aromatic rings. The molecule has 0 amide bonds. The lowest BCUT2D eigenvalue weighted by molar-refractivity contribution is 0.572. The molecule has 0 bridgehead atoms. The van der Waals surface area contributed by atoms with E-state index in [1.807, 2.05) is 48.7 Å². The van der Waals surface area contributed by atoms with E-state index in [0.717, 1.165) is 28.3 Å². The summed E-state index contributed by atoms with van der Waals surface area (Å²) in [6, 6.07) is 15.9. The molecule has 0 saturated heterocycles. The predicted octanol–water partition coefficient (Wildman–Crippen LogP) is 3.16. The van der Waals surface area contributed by atoms with Crippen molar-refractivity contribution in [2.75, 3.05) is 7.05 Å². The van der Waals surface area contributed by atoms with Crippen molar-refractivity contribution in [2.24, 2.45) is 4.99 Å². The van der Waals surface area contributed by atoms with Crippen molar-refractivity contribution in [3.63, 3.8) is 0 Å². The third kappa shape index (κ3) is 3.88. The molecule has 3 heterocycles. The SMILES string of the molecule is CN=C(NCc1coc(-c2ccccc2)n1)NCc1cn2c(C)cccc2n1. The average Bonchev–Trinajstić information content (AvgIpc) is 3.36. The zero-order valence-electron chi connectivity index (χ0n) is 15.9. The van der Waals surface area contributed by atoms with Gasteiger partial charge in [0.05, 0.1) is 24.5 Å². The summed E-state index contributed by atoms with van der Waals surface area (Å²) in [5.41, 5.74) is 4.81. The third-order valence-corrected chi connectivity index (χ3v) is 4.42. The summed E-state index contributed by atoms with van der Waals surface area (Å²) in [5.74, 6) is 1.29. The monoisotopic (exact) mass is 374 g/mol. The highest BCUT2D eigenvalue weighted by molar-refractivity contribution is 5.79. The quantitative estimate of drug-likeness (QED) is 0.414. The molecule has 0 saturated carbocycles. The number of fused-ring (bicyclic) bond motifs is 1. The number of rotatable bonds is 5. The van der Waals surface area contributed by atoms with Gasteiger partial charge in [-0.2, -0.15) is 0 Å². The van der Waals surface area contributed by atoms with Crippen molar-refractivity contribution >= 4 is 11.6 Å². The minimum atomic E-state index is 0.514. The molecule has 0 atom stereocenters. The molecule has 0 spiro atoms. The summed E-state index contributed by atoms with van der Waals surface area (Å²) >= 11 is 0. The van der Waals surface area contributed by atoms with Crippen molar-refractivity contribution in [3.05, 3.63) is 78.1 Å². The number of nitrogens with zero attached hydrogens (tertiary/aromatic N) is 4. The van der Waals surface area contributed by atoms with E-state index in [2.05, 4.69) is 43.0 Å². The molecule has 28 heavy (non-hydrogen) atoms. The van der Waals surface area contributed by atoms with Gasteiger partial charge in [0.25, 0.3) is 0 Å². The van der Waals surface area contributed by atoms with Gasteiger partial charge in [-0.3, -0.25) is 4.99 Å². The van der Waals surface area contributed by atoms with Crippen LogP contribution in [0.3, 0.4) is 0 Å². The smallest absolute Gasteiger partial charge is 0.226 e. The lowest BCUT2D eigenvalue weighted by Crippen LogP contribution is -2.36. The van der Waals surface area contributed by atoms with E-state index < -0.39 is 0 Å². The maximum absolute atomic E-state index is 5.57. The molecule has 0 aliphatic carbocycles. The van der Waals surface area contributed by atoms with E-state index in [9.17, 15) is 0 Å². The summed E-state index contributed by atoms with van der Waals surface area (Å²) in [7, 11) is 1.74. The van der Waals surface area contributed by atoms with E-state index in [1.54, 1.807) is 13.3 Å². The van der Waals surface area contributed by atoms with E-state index >= 15 is 0 Å². The summed E-state index contributed by atoms with van der Waals surface area (Å²) in [6.45, 7) is 3.16. The predicted molar refractivity (Wildman–Crippen MR) is 109 cm³/mol. The summed E-state index contributed by atoms with van der Waals surface area (Å²) in [6.07, 6.45) is 3.70. The van der Waals surface area contributed by atoms with E-state index in [0.29, 0.717) is 24.9 Å². The number of aliphatic imine (C=N–C) groups is 1. The summed E-state index contributed by atoms with van der Waals surface area (Å²) in [5, 5.41) is 6.53. The number of aromatic nitrogens is 3. The molecule has 0 fully saturated rings. The maximum Gasteiger partial charge on any atom is 0.226 e. The van der Waals surface area contributed by atoms with Crippen molar-refractivity contribution in [1.82, 2.24) is 25.0 Å². The van der Waals surface area contributed by atoms with Gasteiger partial charge < -0.3 is 19.5 Å². The zero-order chi connectivity index (χ0) is 19.3. The fourth-order valence-electron chi connectivity index (χ4n) is 2.95. The number of nitrogens with one attached hydrogen (secondary N) is 2. The average molecular weight is 374 g/mol. The number of benzene rings is 1. The molecule has 7 heteroatoms. The second-order valence-electron chi connectivity index (χ2n) is 6.42. The molecule has 2 N–H and O–H groups in total. The molecule has 0 aliphatic rings. The molecule has 1 aromatic carbocycles. The van der Waals surface area contributed by atoms with Crippen LogP contribution >= 0.6 is 0 Å². The van der Waals surface area contributed by atoms with Crippen LogP contribution < -0.4 is 10.6 Å². The van der Waals surface area contributed by atoms with Gasteiger partial charge in [-0.15, -0.1) is 0 Å². The Bertz CT molecular complexity index is 1100. The van der Waals surface area contributed by atoms with Crippen LogP contribution in [0.1, 0.15) is 17.1 Å².